The molecule has 0 amide bonds. The molecule has 1 aromatic heterocycles. The summed E-state index contributed by atoms with van der Waals surface area (Å²) >= 11 is 0. The number of hydrogen-bond donors (Lipinski definition) is 0. The summed E-state index contributed by atoms with van der Waals surface area (Å²) in [6, 6.07) is 11.4. The molecule has 1 aromatic carbocycles. The van der Waals surface area contributed by atoms with Crippen LogP contribution >= 0.6 is 0 Å². The van der Waals surface area contributed by atoms with Crippen molar-refractivity contribution in [3.8, 4) is 0 Å². The molecule has 3 heteroatoms. The Labute approximate surface area is 113 Å². The van der Waals surface area contributed by atoms with Gasteiger partial charge in [0, 0.05) is 5.56 Å². The van der Waals surface area contributed by atoms with Crippen molar-refractivity contribution >= 4 is 5.78 Å². The highest BCUT2D eigenvalue weighted by molar-refractivity contribution is 5.97. The molecule has 0 aliphatic heterocycles. The molecule has 100 valence electrons. The van der Waals surface area contributed by atoms with Gasteiger partial charge in [0.25, 0.3) is 0 Å². The molecule has 1 heterocycles. The van der Waals surface area contributed by atoms with Crippen molar-refractivity contribution in [2.45, 2.75) is 26.4 Å². The molecule has 0 aliphatic carbocycles. The van der Waals surface area contributed by atoms with Crippen LogP contribution in [0.15, 0.2) is 47.1 Å². The topological polar surface area (TPSA) is 39.4 Å². The van der Waals surface area contributed by atoms with Crippen molar-refractivity contribution in [2.75, 3.05) is 6.61 Å². The van der Waals surface area contributed by atoms with E-state index in [1.165, 1.54) is 5.56 Å². The third kappa shape index (κ3) is 4.07. The number of aryl methyl sites for hydroxylation is 1. The summed E-state index contributed by atoms with van der Waals surface area (Å²) in [5, 5.41) is 0. The van der Waals surface area contributed by atoms with E-state index >= 15 is 0 Å². The molecule has 2 aromatic rings. The number of furan rings is 1. The summed E-state index contributed by atoms with van der Waals surface area (Å²) in [5.74, 6) is 0.723. The predicted molar refractivity (Wildman–Crippen MR) is 73.1 cm³/mol. The van der Waals surface area contributed by atoms with Crippen LogP contribution in [-0.2, 0) is 17.8 Å². The van der Waals surface area contributed by atoms with Crippen molar-refractivity contribution < 1.29 is 13.9 Å². The van der Waals surface area contributed by atoms with Gasteiger partial charge in [-0.15, -0.1) is 0 Å². The van der Waals surface area contributed by atoms with Crippen LogP contribution < -0.4 is 0 Å². The lowest BCUT2D eigenvalue weighted by Crippen LogP contribution is -2.08. The summed E-state index contributed by atoms with van der Waals surface area (Å²) in [6.45, 7) is 2.54. The first-order chi connectivity index (χ1) is 9.29. The van der Waals surface area contributed by atoms with E-state index in [4.69, 9.17) is 9.15 Å². The van der Waals surface area contributed by atoms with Gasteiger partial charge in [-0.3, -0.25) is 4.79 Å². The zero-order valence-electron chi connectivity index (χ0n) is 11.1. The van der Waals surface area contributed by atoms with Gasteiger partial charge in [0.15, 0.2) is 5.78 Å². The van der Waals surface area contributed by atoms with E-state index in [0.29, 0.717) is 12.2 Å². The maximum absolute atomic E-state index is 11.9. The molecule has 0 unspecified atom stereocenters. The maximum atomic E-state index is 11.9. The minimum atomic E-state index is -0.00500. The van der Waals surface area contributed by atoms with Crippen molar-refractivity contribution in [2.24, 2.45) is 0 Å². The van der Waals surface area contributed by atoms with Crippen LogP contribution in [0.25, 0.3) is 0 Å². The normalized spacial score (nSPS) is 10.6. The van der Waals surface area contributed by atoms with Gasteiger partial charge >= 0.3 is 0 Å². The summed E-state index contributed by atoms with van der Waals surface area (Å²) in [6.07, 6.45) is 3.75. The molecule has 0 bridgehead atoms. The SMILES string of the molecule is CCCc1ccc(C(=O)COCc2ccco2)cc1. The largest absolute Gasteiger partial charge is 0.467 e. The summed E-state index contributed by atoms with van der Waals surface area (Å²) in [4.78, 5) is 11.9. The quantitative estimate of drug-likeness (QED) is 0.712. The summed E-state index contributed by atoms with van der Waals surface area (Å²) in [7, 11) is 0. The molecule has 0 radical (unpaired) electrons. The van der Waals surface area contributed by atoms with E-state index in [-0.39, 0.29) is 12.4 Å². The Balaban J connectivity index is 1.82. The van der Waals surface area contributed by atoms with Crippen LogP contribution in [0.5, 0.6) is 0 Å². The van der Waals surface area contributed by atoms with E-state index in [1.54, 1.807) is 12.3 Å². The first kappa shape index (κ1) is 13.6. The Kier molecular flexibility index (Phi) is 4.93. The van der Waals surface area contributed by atoms with Crippen molar-refractivity contribution in [1.82, 2.24) is 0 Å². The molecule has 3 nitrogen and oxygen atoms in total. The molecular weight excluding hydrogens is 240 g/mol. The minimum absolute atomic E-state index is 0.00500. The summed E-state index contributed by atoms with van der Waals surface area (Å²) < 4.78 is 10.5. The number of Topliss-reactive ketones (excluding diaryl/α,β-unsaturated/α-hetero) is 1. The molecule has 0 aliphatic rings. The van der Waals surface area contributed by atoms with Crippen LogP contribution in [0.4, 0.5) is 0 Å². The maximum Gasteiger partial charge on any atom is 0.188 e. The van der Waals surface area contributed by atoms with Gasteiger partial charge in [-0.05, 0) is 24.1 Å². The number of benzene rings is 1. The zero-order valence-corrected chi connectivity index (χ0v) is 11.1. The fraction of sp³-hybridized carbons (Fsp3) is 0.312. The van der Waals surface area contributed by atoms with Crippen LogP contribution in [0.2, 0.25) is 0 Å². The highest BCUT2D eigenvalue weighted by Crippen LogP contribution is 2.08. The van der Waals surface area contributed by atoms with Crippen molar-refractivity contribution in [3.63, 3.8) is 0 Å². The number of carbonyl (C=O) groups is 1. The second-order valence-corrected chi connectivity index (χ2v) is 4.44. The average Bonchev–Trinajstić information content (AvgIpc) is 2.93. The van der Waals surface area contributed by atoms with Crippen LogP contribution in [0, 0.1) is 0 Å². The number of carbonyl (C=O) groups excluding carboxylic acids is 1. The predicted octanol–water partition coefficient (Wildman–Crippen LogP) is 3.63. The molecular formula is C16H18O3. The Morgan fingerprint density at radius 3 is 2.63 bits per heavy atom. The van der Waals surface area contributed by atoms with Crippen LogP contribution in [0.1, 0.15) is 35.0 Å². The Morgan fingerprint density at radius 1 is 1.21 bits per heavy atom. The van der Waals surface area contributed by atoms with E-state index in [9.17, 15) is 4.79 Å². The van der Waals surface area contributed by atoms with E-state index in [0.717, 1.165) is 18.6 Å². The molecule has 0 fully saturated rings. The lowest BCUT2D eigenvalue weighted by atomic mass is 10.1. The van der Waals surface area contributed by atoms with Gasteiger partial charge < -0.3 is 9.15 Å². The van der Waals surface area contributed by atoms with Crippen LogP contribution in [-0.4, -0.2) is 12.4 Å². The smallest absolute Gasteiger partial charge is 0.188 e. The van der Waals surface area contributed by atoms with Gasteiger partial charge in [-0.1, -0.05) is 37.6 Å². The molecule has 0 spiro atoms. The van der Waals surface area contributed by atoms with Gasteiger partial charge in [0.1, 0.15) is 19.0 Å². The van der Waals surface area contributed by atoms with Gasteiger partial charge in [-0.2, -0.15) is 0 Å². The van der Waals surface area contributed by atoms with Gasteiger partial charge in [-0.25, -0.2) is 0 Å². The second kappa shape index (κ2) is 6.90. The third-order valence-electron chi connectivity index (χ3n) is 2.87. The summed E-state index contributed by atoms with van der Waals surface area (Å²) in [5.41, 5.74) is 1.95. The first-order valence-corrected chi connectivity index (χ1v) is 6.52. The lowest BCUT2D eigenvalue weighted by Gasteiger charge is -2.04. The molecule has 0 atom stereocenters. The Hall–Kier alpha value is -1.87. The molecule has 2 rings (SSSR count). The zero-order chi connectivity index (χ0) is 13.5. The molecule has 0 N–H and O–H groups in total. The fourth-order valence-corrected chi connectivity index (χ4v) is 1.87. The third-order valence-corrected chi connectivity index (χ3v) is 2.87. The van der Waals surface area contributed by atoms with Crippen molar-refractivity contribution in [1.29, 1.82) is 0 Å². The first-order valence-electron chi connectivity index (χ1n) is 6.52. The average molecular weight is 258 g/mol. The fourth-order valence-electron chi connectivity index (χ4n) is 1.87. The standard InChI is InChI=1S/C16H18O3/c1-2-4-13-6-8-14(9-7-13)16(17)12-18-11-15-5-3-10-19-15/h3,5-10H,2,4,11-12H2,1H3. The number of ether oxygens (including phenoxy) is 1. The highest BCUT2D eigenvalue weighted by atomic mass is 16.5. The van der Waals surface area contributed by atoms with E-state index in [1.807, 2.05) is 30.3 Å². The van der Waals surface area contributed by atoms with Gasteiger partial charge in [0.05, 0.1) is 6.26 Å². The number of ketones is 1. The highest BCUT2D eigenvalue weighted by Gasteiger charge is 2.06. The number of hydrogen-bond acceptors (Lipinski definition) is 3. The Morgan fingerprint density at radius 2 is 2.00 bits per heavy atom. The lowest BCUT2D eigenvalue weighted by molar-refractivity contribution is 0.0691. The van der Waals surface area contributed by atoms with Crippen LogP contribution in [0.3, 0.4) is 0 Å². The minimum Gasteiger partial charge on any atom is -0.467 e. The van der Waals surface area contributed by atoms with Crippen molar-refractivity contribution in [3.05, 3.63) is 59.5 Å². The second-order valence-electron chi connectivity index (χ2n) is 4.44. The van der Waals surface area contributed by atoms with E-state index < -0.39 is 0 Å². The van der Waals surface area contributed by atoms with Gasteiger partial charge in [0.2, 0.25) is 0 Å². The monoisotopic (exact) mass is 258 g/mol. The Bertz CT molecular complexity index is 497. The van der Waals surface area contributed by atoms with E-state index in [2.05, 4.69) is 6.92 Å². The molecule has 0 saturated heterocycles. The molecule has 0 saturated carbocycles. The number of rotatable bonds is 7. The molecule has 19 heavy (non-hydrogen) atoms.